The van der Waals surface area contributed by atoms with Crippen LogP contribution in [0.3, 0.4) is 0 Å². The van der Waals surface area contributed by atoms with Crippen molar-refractivity contribution in [2.24, 2.45) is 0 Å². The van der Waals surface area contributed by atoms with E-state index in [1.165, 1.54) is 5.56 Å². The second kappa shape index (κ2) is 4.90. The van der Waals surface area contributed by atoms with Crippen molar-refractivity contribution in [2.45, 2.75) is 74.8 Å². The van der Waals surface area contributed by atoms with Crippen LogP contribution in [0.15, 0.2) is 12.1 Å². The van der Waals surface area contributed by atoms with Crippen molar-refractivity contribution in [3.05, 3.63) is 23.3 Å². The fourth-order valence-corrected chi connectivity index (χ4v) is 6.35. The Bertz CT molecular complexity index is 736. The highest BCUT2D eigenvalue weighted by Gasteiger charge is 2.72. The first-order chi connectivity index (χ1) is 11.9. The maximum atomic E-state index is 12.0. The van der Waals surface area contributed by atoms with Crippen LogP contribution in [0.4, 0.5) is 0 Å². The summed E-state index contributed by atoms with van der Waals surface area (Å²) in [5.74, 6) is 0.840. The van der Waals surface area contributed by atoms with Crippen molar-refractivity contribution in [1.82, 2.24) is 10.2 Å². The molecule has 1 unspecified atom stereocenters. The van der Waals surface area contributed by atoms with Crippen molar-refractivity contribution in [3.8, 4) is 11.5 Å². The molecule has 1 saturated heterocycles. The molecule has 1 spiro atoms. The second-order valence-electron chi connectivity index (χ2n) is 8.80. The van der Waals surface area contributed by atoms with Crippen molar-refractivity contribution in [3.63, 3.8) is 0 Å². The number of aromatic hydroxyl groups is 1. The third-order valence-corrected chi connectivity index (χ3v) is 7.28. The quantitative estimate of drug-likeness (QED) is 0.760. The van der Waals surface area contributed by atoms with Crippen LogP contribution in [0.1, 0.15) is 44.2 Å². The average molecular weight is 344 g/mol. The molecule has 5 heteroatoms. The smallest absolute Gasteiger partial charge is 0.165 e. The Balaban J connectivity index is 1.75. The summed E-state index contributed by atoms with van der Waals surface area (Å²) in [6.07, 6.45) is 3.26. The lowest BCUT2D eigenvalue weighted by Gasteiger charge is -2.63. The second-order valence-corrected chi connectivity index (χ2v) is 8.80. The van der Waals surface area contributed by atoms with Crippen molar-refractivity contribution >= 4 is 0 Å². The summed E-state index contributed by atoms with van der Waals surface area (Å²) < 4.78 is 6.43. The molecule has 2 aliphatic carbocycles. The van der Waals surface area contributed by atoms with Gasteiger partial charge in [-0.15, -0.1) is 0 Å². The predicted octanol–water partition coefficient (Wildman–Crippen LogP) is 1.54. The number of nitrogens with one attached hydrogen (secondary N) is 1. The van der Waals surface area contributed by atoms with E-state index in [4.69, 9.17) is 4.74 Å². The van der Waals surface area contributed by atoms with Gasteiger partial charge >= 0.3 is 0 Å². The zero-order valence-electron chi connectivity index (χ0n) is 15.2. The summed E-state index contributed by atoms with van der Waals surface area (Å²) in [6.45, 7) is 5.26. The fourth-order valence-electron chi connectivity index (χ4n) is 6.35. The summed E-state index contributed by atoms with van der Waals surface area (Å²) in [5.41, 5.74) is 1.14. The molecule has 3 N–H and O–H groups in total. The van der Waals surface area contributed by atoms with E-state index in [2.05, 4.69) is 31.1 Å². The Morgan fingerprint density at radius 1 is 1.32 bits per heavy atom. The van der Waals surface area contributed by atoms with Gasteiger partial charge in [0.2, 0.25) is 0 Å². The van der Waals surface area contributed by atoms with Gasteiger partial charge in [0, 0.05) is 23.7 Å². The van der Waals surface area contributed by atoms with Gasteiger partial charge in [0.1, 0.15) is 6.10 Å². The molecule has 2 fully saturated rings. The molecule has 25 heavy (non-hydrogen) atoms. The summed E-state index contributed by atoms with van der Waals surface area (Å²) >= 11 is 0. The van der Waals surface area contributed by atoms with E-state index in [1.54, 1.807) is 6.07 Å². The topological polar surface area (TPSA) is 65.0 Å². The first-order valence-corrected chi connectivity index (χ1v) is 9.59. The first kappa shape index (κ1) is 15.9. The number of hydrogen-bond donors (Lipinski definition) is 3. The lowest BCUT2D eigenvalue weighted by Crippen LogP contribution is -2.77. The molecule has 136 valence electrons. The van der Waals surface area contributed by atoms with E-state index in [9.17, 15) is 10.2 Å². The van der Waals surface area contributed by atoms with E-state index in [0.717, 1.165) is 37.8 Å². The summed E-state index contributed by atoms with van der Waals surface area (Å²) in [6, 6.07) is 4.47. The molecule has 2 heterocycles. The number of likely N-dealkylation sites (N-methyl/N-ethyl adjacent to an activating group) is 1. The van der Waals surface area contributed by atoms with Crippen LogP contribution in [0.2, 0.25) is 0 Å². The number of ether oxygens (including phenoxy) is 1. The Hall–Kier alpha value is -1.30. The Labute approximate surface area is 149 Å². The minimum atomic E-state index is -0.786. The average Bonchev–Trinajstić information content (AvgIpc) is 2.91. The van der Waals surface area contributed by atoms with Crippen LogP contribution in [-0.2, 0) is 11.8 Å². The molecule has 5 nitrogen and oxygen atoms in total. The van der Waals surface area contributed by atoms with Crippen molar-refractivity contribution in [2.75, 3.05) is 13.6 Å². The third-order valence-electron chi connectivity index (χ3n) is 7.28. The number of benzene rings is 1. The Morgan fingerprint density at radius 3 is 2.88 bits per heavy atom. The largest absolute Gasteiger partial charge is 0.504 e. The molecule has 5 rings (SSSR count). The zero-order chi connectivity index (χ0) is 17.6. The standard InChI is InChI=1S/C20H28N2O3/c1-11(2)21-13-6-7-20(24)15-10-12-4-5-14(23)17-16(12)19(20,18(13)25-17)8-9-22(15)3/h4-5,11,13,15,18,21,23-24H,6-10H2,1-3H3/t13-,15?,18-,19-,20+/m0/s1. The van der Waals surface area contributed by atoms with Crippen LogP contribution in [0.5, 0.6) is 11.5 Å². The monoisotopic (exact) mass is 344 g/mol. The van der Waals surface area contributed by atoms with E-state index in [0.29, 0.717) is 11.8 Å². The SMILES string of the molecule is CC(C)N[C@H]1CC[C@@]2(O)C3Cc4ccc(O)c5c4[C@@]2(CCN3C)[C@H]1O5. The highest BCUT2D eigenvalue weighted by Crippen LogP contribution is 2.65. The van der Waals surface area contributed by atoms with Gasteiger partial charge in [-0.1, -0.05) is 19.9 Å². The van der Waals surface area contributed by atoms with Gasteiger partial charge in [-0.25, -0.2) is 0 Å². The van der Waals surface area contributed by atoms with Crippen LogP contribution in [-0.4, -0.2) is 58.5 Å². The van der Waals surface area contributed by atoms with Crippen LogP contribution < -0.4 is 10.1 Å². The molecular weight excluding hydrogens is 316 g/mol. The highest BCUT2D eigenvalue weighted by molar-refractivity contribution is 5.62. The zero-order valence-corrected chi connectivity index (χ0v) is 15.2. The van der Waals surface area contributed by atoms with Crippen molar-refractivity contribution < 1.29 is 14.9 Å². The van der Waals surface area contributed by atoms with Gasteiger partial charge < -0.3 is 25.2 Å². The number of phenolic OH excluding ortho intramolecular Hbond substituents is 1. The molecule has 2 bridgehead atoms. The minimum Gasteiger partial charge on any atom is -0.504 e. The number of likely N-dealkylation sites (tertiary alicyclic amines) is 1. The molecule has 1 aromatic rings. The molecule has 5 atom stereocenters. The summed E-state index contributed by atoms with van der Waals surface area (Å²) in [4.78, 5) is 2.33. The molecule has 0 radical (unpaired) electrons. The Morgan fingerprint density at radius 2 is 2.12 bits per heavy atom. The maximum absolute atomic E-state index is 12.0. The third kappa shape index (κ3) is 1.74. The molecule has 0 amide bonds. The van der Waals surface area contributed by atoms with Gasteiger partial charge in [0.05, 0.1) is 11.0 Å². The molecular formula is C20H28N2O3. The van der Waals surface area contributed by atoms with Crippen LogP contribution >= 0.6 is 0 Å². The molecule has 4 aliphatic rings. The molecule has 0 aromatic heterocycles. The molecule has 2 aliphatic heterocycles. The van der Waals surface area contributed by atoms with Crippen molar-refractivity contribution in [1.29, 1.82) is 0 Å². The van der Waals surface area contributed by atoms with Gasteiger partial charge in [0.15, 0.2) is 11.5 Å². The van der Waals surface area contributed by atoms with E-state index >= 15 is 0 Å². The van der Waals surface area contributed by atoms with Gasteiger partial charge in [-0.3, -0.25) is 0 Å². The lowest BCUT2D eigenvalue weighted by molar-refractivity contribution is -0.187. The van der Waals surface area contributed by atoms with Crippen LogP contribution in [0, 0.1) is 0 Å². The minimum absolute atomic E-state index is 0.118. The van der Waals surface area contributed by atoms with E-state index in [1.807, 2.05) is 6.07 Å². The van der Waals surface area contributed by atoms with Crippen LogP contribution in [0.25, 0.3) is 0 Å². The van der Waals surface area contributed by atoms with E-state index in [-0.39, 0.29) is 23.9 Å². The number of phenols is 1. The number of aliphatic hydroxyl groups is 1. The number of hydrogen-bond acceptors (Lipinski definition) is 5. The normalized spacial score (nSPS) is 41.6. The number of rotatable bonds is 2. The number of nitrogens with zero attached hydrogens (tertiary/aromatic N) is 1. The maximum Gasteiger partial charge on any atom is 0.165 e. The fraction of sp³-hybridized carbons (Fsp3) is 0.700. The summed E-state index contributed by atoms with van der Waals surface area (Å²) in [5, 5.41) is 26.1. The highest BCUT2D eigenvalue weighted by atomic mass is 16.5. The molecule has 1 saturated carbocycles. The Kier molecular flexibility index (Phi) is 3.12. The summed E-state index contributed by atoms with van der Waals surface area (Å²) in [7, 11) is 2.13. The van der Waals surface area contributed by atoms with E-state index < -0.39 is 11.0 Å². The van der Waals surface area contributed by atoms with Gasteiger partial charge in [-0.2, -0.15) is 0 Å². The first-order valence-electron chi connectivity index (χ1n) is 9.59. The van der Waals surface area contributed by atoms with Gasteiger partial charge in [0.25, 0.3) is 0 Å². The predicted molar refractivity (Wildman–Crippen MR) is 95.2 cm³/mol. The lowest BCUT2D eigenvalue weighted by atomic mass is 9.48. The van der Waals surface area contributed by atoms with Gasteiger partial charge in [-0.05, 0) is 50.9 Å². The molecule has 1 aromatic carbocycles. The number of piperidine rings is 1.